The maximum absolute atomic E-state index is 5.52. The summed E-state index contributed by atoms with van der Waals surface area (Å²) in [6.07, 6.45) is 8.34. The van der Waals surface area contributed by atoms with E-state index in [-0.39, 0.29) is 6.04 Å². The van der Waals surface area contributed by atoms with E-state index in [0.29, 0.717) is 6.04 Å². The summed E-state index contributed by atoms with van der Waals surface area (Å²) in [5.41, 5.74) is 1.32. The van der Waals surface area contributed by atoms with Gasteiger partial charge in [-0.3, -0.25) is 0 Å². The molecule has 1 aromatic heterocycles. The fraction of sp³-hybridized carbons (Fsp3) is 0.556. The Morgan fingerprint density at radius 2 is 1.95 bits per heavy atom. The number of hydrogen-bond acceptors (Lipinski definition) is 4. The number of aryl methyl sites for hydroxylation is 2. The second-order valence-corrected chi connectivity index (χ2v) is 6.64. The first-order valence-corrected chi connectivity index (χ1v) is 8.51. The Morgan fingerprint density at radius 1 is 1.09 bits per heavy atom. The van der Waals surface area contributed by atoms with Crippen molar-refractivity contribution in [3.63, 3.8) is 0 Å². The maximum atomic E-state index is 5.52. The van der Waals surface area contributed by atoms with E-state index in [9.17, 15) is 0 Å². The van der Waals surface area contributed by atoms with Crippen LogP contribution in [0.1, 0.15) is 55.4 Å². The predicted octanol–water partition coefficient (Wildman–Crippen LogP) is 3.45. The van der Waals surface area contributed by atoms with E-state index in [1.54, 1.807) is 0 Å². The van der Waals surface area contributed by atoms with E-state index in [1.807, 2.05) is 6.07 Å². The standard InChI is InChI=1S/C18H23N3O/c1-2-6-13(7-3-1)10-11-17-20-18(22-21-17)16-12-14-8-4-5-9-15(14)19-16/h1-3,6-7,14-16,19H,4-5,8-12H2. The molecule has 1 saturated carbocycles. The molecule has 1 aliphatic carbocycles. The molecule has 2 fully saturated rings. The lowest BCUT2D eigenvalue weighted by atomic mass is 9.85. The van der Waals surface area contributed by atoms with E-state index in [0.717, 1.165) is 36.9 Å². The summed E-state index contributed by atoms with van der Waals surface area (Å²) in [6.45, 7) is 0. The Balaban J connectivity index is 1.37. The maximum Gasteiger partial charge on any atom is 0.243 e. The number of benzene rings is 1. The minimum atomic E-state index is 0.270. The summed E-state index contributed by atoms with van der Waals surface area (Å²) in [6, 6.07) is 11.4. The minimum absolute atomic E-state index is 0.270. The summed E-state index contributed by atoms with van der Waals surface area (Å²) in [5, 5.41) is 7.87. The summed E-state index contributed by atoms with van der Waals surface area (Å²) in [4.78, 5) is 4.62. The summed E-state index contributed by atoms with van der Waals surface area (Å²) >= 11 is 0. The van der Waals surface area contributed by atoms with Gasteiger partial charge < -0.3 is 9.84 Å². The summed E-state index contributed by atoms with van der Waals surface area (Å²) in [5.74, 6) is 2.42. The van der Waals surface area contributed by atoms with Crippen molar-refractivity contribution in [2.75, 3.05) is 0 Å². The zero-order chi connectivity index (χ0) is 14.8. The molecule has 4 heteroatoms. The fourth-order valence-corrected chi connectivity index (χ4v) is 3.92. The van der Waals surface area contributed by atoms with E-state index >= 15 is 0 Å². The topological polar surface area (TPSA) is 51.0 Å². The molecule has 3 atom stereocenters. The number of nitrogens with one attached hydrogen (secondary N) is 1. The van der Waals surface area contributed by atoms with Gasteiger partial charge in [0, 0.05) is 12.5 Å². The van der Waals surface area contributed by atoms with Crippen molar-refractivity contribution >= 4 is 0 Å². The molecule has 1 saturated heterocycles. The SMILES string of the molecule is c1ccc(CCc2noc(C3CC4CCCCC4N3)n2)cc1. The van der Waals surface area contributed by atoms with Crippen LogP contribution in [0, 0.1) is 5.92 Å². The largest absolute Gasteiger partial charge is 0.338 e. The smallest absolute Gasteiger partial charge is 0.243 e. The molecule has 4 nitrogen and oxygen atoms in total. The van der Waals surface area contributed by atoms with Gasteiger partial charge in [-0.1, -0.05) is 48.3 Å². The molecule has 1 aromatic carbocycles. The van der Waals surface area contributed by atoms with Crippen LogP contribution in [0.4, 0.5) is 0 Å². The van der Waals surface area contributed by atoms with Crippen LogP contribution in [0.2, 0.25) is 0 Å². The van der Waals surface area contributed by atoms with Gasteiger partial charge in [0.1, 0.15) is 0 Å². The molecule has 1 N–H and O–H groups in total. The van der Waals surface area contributed by atoms with Crippen LogP contribution in [0.5, 0.6) is 0 Å². The summed E-state index contributed by atoms with van der Waals surface area (Å²) < 4.78 is 5.52. The Labute approximate surface area is 131 Å². The van der Waals surface area contributed by atoms with Crippen LogP contribution in [0.3, 0.4) is 0 Å². The lowest BCUT2D eigenvalue weighted by Crippen LogP contribution is -2.30. The molecule has 2 aliphatic rings. The van der Waals surface area contributed by atoms with Crippen LogP contribution in [0.15, 0.2) is 34.9 Å². The van der Waals surface area contributed by atoms with Crippen molar-refractivity contribution in [1.82, 2.24) is 15.5 Å². The number of rotatable bonds is 4. The Kier molecular flexibility index (Phi) is 3.94. The second-order valence-electron chi connectivity index (χ2n) is 6.64. The fourth-order valence-electron chi connectivity index (χ4n) is 3.92. The average Bonchev–Trinajstić information content (AvgIpc) is 3.20. The van der Waals surface area contributed by atoms with Gasteiger partial charge in [0.15, 0.2) is 5.82 Å². The second kappa shape index (κ2) is 6.21. The zero-order valence-corrected chi connectivity index (χ0v) is 12.9. The summed E-state index contributed by atoms with van der Waals surface area (Å²) in [7, 11) is 0. The van der Waals surface area contributed by atoms with Gasteiger partial charge in [0.2, 0.25) is 5.89 Å². The Hall–Kier alpha value is -1.68. The van der Waals surface area contributed by atoms with Gasteiger partial charge in [0.25, 0.3) is 0 Å². The third-order valence-electron chi connectivity index (χ3n) is 5.12. The van der Waals surface area contributed by atoms with Gasteiger partial charge in [0.05, 0.1) is 6.04 Å². The average molecular weight is 297 g/mol. The van der Waals surface area contributed by atoms with Gasteiger partial charge in [-0.15, -0.1) is 0 Å². The van der Waals surface area contributed by atoms with Crippen molar-refractivity contribution in [2.45, 2.75) is 57.0 Å². The number of nitrogens with zero attached hydrogens (tertiary/aromatic N) is 2. The molecule has 3 unspecified atom stereocenters. The molecule has 0 spiro atoms. The van der Waals surface area contributed by atoms with Crippen molar-refractivity contribution in [3.05, 3.63) is 47.6 Å². The molecule has 116 valence electrons. The molecule has 4 rings (SSSR count). The van der Waals surface area contributed by atoms with Crippen molar-refractivity contribution in [3.8, 4) is 0 Å². The quantitative estimate of drug-likeness (QED) is 0.939. The van der Waals surface area contributed by atoms with Crippen molar-refractivity contribution < 1.29 is 4.52 Å². The van der Waals surface area contributed by atoms with Crippen molar-refractivity contribution in [2.24, 2.45) is 5.92 Å². The highest BCUT2D eigenvalue weighted by atomic mass is 16.5. The first-order valence-electron chi connectivity index (χ1n) is 8.51. The van der Waals surface area contributed by atoms with Gasteiger partial charge >= 0.3 is 0 Å². The van der Waals surface area contributed by atoms with Crippen LogP contribution in [0.25, 0.3) is 0 Å². The zero-order valence-electron chi connectivity index (χ0n) is 12.9. The molecular weight excluding hydrogens is 274 g/mol. The van der Waals surface area contributed by atoms with Crippen LogP contribution in [-0.4, -0.2) is 16.2 Å². The monoisotopic (exact) mass is 297 g/mol. The molecular formula is C18H23N3O. The number of aromatic nitrogens is 2. The van der Waals surface area contributed by atoms with E-state index < -0.39 is 0 Å². The Morgan fingerprint density at radius 3 is 2.82 bits per heavy atom. The molecule has 0 radical (unpaired) electrons. The minimum Gasteiger partial charge on any atom is -0.338 e. The first kappa shape index (κ1) is 13.9. The molecule has 22 heavy (non-hydrogen) atoms. The molecule has 2 aromatic rings. The third-order valence-corrected chi connectivity index (χ3v) is 5.12. The Bertz CT molecular complexity index is 596. The highest BCUT2D eigenvalue weighted by Crippen LogP contribution is 2.38. The highest BCUT2D eigenvalue weighted by Gasteiger charge is 2.38. The van der Waals surface area contributed by atoms with Crippen molar-refractivity contribution in [1.29, 1.82) is 0 Å². The van der Waals surface area contributed by atoms with Gasteiger partial charge in [-0.25, -0.2) is 0 Å². The van der Waals surface area contributed by atoms with Crippen LogP contribution < -0.4 is 5.32 Å². The number of hydrogen-bond donors (Lipinski definition) is 1. The molecule has 0 amide bonds. The normalized spacial score (nSPS) is 27.7. The van der Waals surface area contributed by atoms with Crippen LogP contribution in [-0.2, 0) is 12.8 Å². The molecule has 0 bridgehead atoms. The lowest BCUT2D eigenvalue weighted by molar-refractivity contribution is 0.324. The molecule has 1 aliphatic heterocycles. The van der Waals surface area contributed by atoms with Crippen LogP contribution >= 0.6 is 0 Å². The lowest BCUT2D eigenvalue weighted by Gasteiger charge is -2.24. The van der Waals surface area contributed by atoms with E-state index in [4.69, 9.17) is 4.52 Å². The highest BCUT2D eigenvalue weighted by molar-refractivity contribution is 5.15. The van der Waals surface area contributed by atoms with Gasteiger partial charge in [-0.2, -0.15) is 4.98 Å². The molecule has 2 heterocycles. The van der Waals surface area contributed by atoms with E-state index in [1.165, 1.54) is 31.2 Å². The van der Waals surface area contributed by atoms with Gasteiger partial charge in [-0.05, 0) is 37.2 Å². The van der Waals surface area contributed by atoms with E-state index in [2.05, 4.69) is 39.7 Å². The predicted molar refractivity (Wildman–Crippen MR) is 84.4 cm³/mol. The third kappa shape index (κ3) is 2.93. The first-order chi connectivity index (χ1) is 10.9. The number of fused-ring (bicyclic) bond motifs is 1.